The molecule has 0 unspecified atom stereocenters. The molecule has 76 valence electrons. The molecule has 2 rings (SSSR count). The van der Waals surface area contributed by atoms with Gasteiger partial charge in [0.1, 0.15) is 0 Å². The molecule has 0 aromatic heterocycles. The van der Waals surface area contributed by atoms with E-state index >= 15 is 0 Å². The maximum Gasteiger partial charge on any atom is 0.231 e. The largest absolute Gasteiger partial charge is 0.454 e. The monoisotopic (exact) mass is 195 g/mol. The molecule has 1 atom stereocenters. The van der Waals surface area contributed by atoms with Gasteiger partial charge in [-0.05, 0) is 12.5 Å². The highest BCUT2D eigenvalue weighted by atomic mass is 16.7. The summed E-state index contributed by atoms with van der Waals surface area (Å²) >= 11 is 0. The minimum absolute atomic E-state index is 0.0751. The summed E-state index contributed by atoms with van der Waals surface area (Å²) in [6, 6.07) is 5.42. The van der Waals surface area contributed by atoms with Crippen LogP contribution in [0, 0.1) is 0 Å². The van der Waals surface area contributed by atoms with Crippen molar-refractivity contribution in [2.24, 2.45) is 5.73 Å². The molecular weight excluding hydrogens is 182 g/mol. The molecule has 1 aromatic carbocycles. The minimum Gasteiger partial charge on any atom is -0.454 e. The standard InChI is InChI=1S/C10H13NO3/c11-8(4-5-12)7-2-1-3-9-10(7)14-6-13-9/h1-3,8,12H,4-6,11H2/t8-/m0/s1. The molecule has 1 aliphatic rings. The minimum atomic E-state index is -0.198. The maximum absolute atomic E-state index is 8.79. The lowest BCUT2D eigenvalue weighted by atomic mass is 10.0. The Balaban J connectivity index is 2.29. The van der Waals surface area contributed by atoms with Gasteiger partial charge in [0.05, 0.1) is 0 Å². The first kappa shape index (κ1) is 9.30. The lowest BCUT2D eigenvalue weighted by Crippen LogP contribution is -2.12. The lowest BCUT2D eigenvalue weighted by molar-refractivity contribution is 0.172. The first-order valence-electron chi connectivity index (χ1n) is 4.58. The van der Waals surface area contributed by atoms with Gasteiger partial charge in [0.25, 0.3) is 0 Å². The Hall–Kier alpha value is -1.26. The highest BCUT2D eigenvalue weighted by Gasteiger charge is 2.20. The van der Waals surface area contributed by atoms with Gasteiger partial charge in [0.15, 0.2) is 11.5 Å². The summed E-state index contributed by atoms with van der Waals surface area (Å²) < 4.78 is 10.5. The fraction of sp³-hybridized carbons (Fsp3) is 0.400. The van der Waals surface area contributed by atoms with Crippen LogP contribution in [0.3, 0.4) is 0 Å². The molecule has 0 saturated heterocycles. The number of rotatable bonds is 3. The molecule has 4 heteroatoms. The van der Waals surface area contributed by atoms with Gasteiger partial charge in [-0.3, -0.25) is 0 Å². The van der Waals surface area contributed by atoms with E-state index < -0.39 is 0 Å². The summed E-state index contributed by atoms with van der Waals surface area (Å²) in [7, 11) is 0. The predicted octanol–water partition coefficient (Wildman–Crippen LogP) is 0.797. The quantitative estimate of drug-likeness (QED) is 0.748. The average molecular weight is 195 g/mol. The highest BCUT2D eigenvalue weighted by molar-refractivity contribution is 5.49. The van der Waals surface area contributed by atoms with E-state index in [2.05, 4.69) is 0 Å². The van der Waals surface area contributed by atoms with Crippen molar-refractivity contribution in [3.05, 3.63) is 23.8 Å². The summed E-state index contributed by atoms with van der Waals surface area (Å²) in [5, 5.41) is 8.79. The summed E-state index contributed by atoms with van der Waals surface area (Å²) in [6.07, 6.45) is 0.528. The SMILES string of the molecule is N[C@@H](CCO)c1cccc2c1OCO2. The second-order valence-electron chi connectivity index (χ2n) is 3.20. The molecule has 1 aromatic rings. The van der Waals surface area contributed by atoms with Gasteiger partial charge in [-0.15, -0.1) is 0 Å². The van der Waals surface area contributed by atoms with E-state index in [1.807, 2.05) is 18.2 Å². The molecule has 0 fully saturated rings. The summed E-state index contributed by atoms with van der Waals surface area (Å²) in [5.74, 6) is 1.45. The predicted molar refractivity (Wildman–Crippen MR) is 51.2 cm³/mol. The number of aliphatic hydroxyl groups is 1. The van der Waals surface area contributed by atoms with E-state index in [0.717, 1.165) is 11.3 Å². The van der Waals surface area contributed by atoms with Crippen molar-refractivity contribution in [2.45, 2.75) is 12.5 Å². The third-order valence-electron chi connectivity index (χ3n) is 2.27. The fourth-order valence-corrected chi connectivity index (χ4v) is 1.54. The Kier molecular flexibility index (Phi) is 2.56. The van der Waals surface area contributed by atoms with E-state index in [1.165, 1.54) is 0 Å². The van der Waals surface area contributed by atoms with Crippen LogP contribution in [0.4, 0.5) is 0 Å². The van der Waals surface area contributed by atoms with Gasteiger partial charge >= 0.3 is 0 Å². The topological polar surface area (TPSA) is 64.7 Å². The van der Waals surface area contributed by atoms with Crippen LogP contribution in [-0.4, -0.2) is 18.5 Å². The molecule has 3 N–H and O–H groups in total. The normalized spacial score (nSPS) is 15.6. The van der Waals surface area contributed by atoms with Crippen LogP contribution in [0.25, 0.3) is 0 Å². The first-order valence-corrected chi connectivity index (χ1v) is 4.58. The zero-order chi connectivity index (χ0) is 9.97. The van der Waals surface area contributed by atoms with E-state index in [0.29, 0.717) is 12.2 Å². The number of hydrogen-bond donors (Lipinski definition) is 2. The van der Waals surface area contributed by atoms with Gasteiger partial charge in [-0.25, -0.2) is 0 Å². The average Bonchev–Trinajstić information content (AvgIpc) is 2.65. The summed E-state index contributed by atoms with van der Waals surface area (Å²) in [4.78, 5) is 0. The zero-order valence-electron chi connectivity index (χ0n) is 7.77. The van der Waals surface area contributed by atoms with Crippen LogP contribution in [0.2, 0.25) is 0 Å². The van der Waals surface area contributed by atoms with Crippen molar-refractivity contribution in [2.75, 3.05) is 13.4 Å². The molecule has 0 amide bonds. The molecule has 4 nitrogen and oxygen atoms in total. The van der Waals surface area contributed by atoms with Gasteiger partial charge < -0.3 is 20.3 Å². The first-order chi connectivity index (χ1) is 6.83. The summed E-state index contributed by atoms with van der Waals surface area (Å²) in [5.41, 5.74) is 6.78. The van der Waals surface area contributed by atoms with Crippen molar-refractivity contribution < 1.29 is 14.6 Å². The Morgan fingerprint density at radius 1 is 1.43 bits per heavy atom. The number of aliphatic hydroxyl groups excluding tert-OH is 1. The molecule has 0 saturated carbocycles. The molecule has 0 spiro atoms. The molecule has 1 heterocycles. The van der Waals surface area contributed by atoms with E-state index in [-0.39, 0.29) is 19.4 Å². The maximum atomic E-state index is 8.79. The lowest BCUT2D eigenvalue weighted by Gasteiger charge is -2.12. The van der Waals surface area contributed by atoms with E-state index in [1.54, 1.807) is 0 Å². The van der Waals surface area contributed by atoms with Gasteiger partial charge in [0.2, 0.25) is 6.79 Å². The molecule has 1 aliphatic heterocycles. The van der Waals surface area contributed by atoms with Crippen molar-refractivity contribution in [1.29, 1.82) is 0 Å². The second-order valence-corrected chi connectivity index (χ2v) is 3.20. The van der Waals surface area contributed by atoms with Gasteiger partial charge in [0, 0.05) is 18.2 Å². The Labute approximate surface area is 82.2 Å². The smallest absolute Gasteiger partial charge is 0.231 e. The van der Waals surface area contributed by atoms with Crippen molar-refractivity contribution in [1.82, 2.24) is 0 Å². The van der Waals surface area contributed by atoms with E-state index in [9.17, 15) is 0 Å². The molecular formula is C10H13NO3. The second kappa shape index (κ2) is 3.86. The van der Waals surface area contributed by atoms with Crippen LogP contribution in [0.15, 0.2) is 18.2 Å². The van der Waals surface area contributed by atoms with Crippen LogP contribution in [0.5, 0.6) is 11.5 Å². The summed E-state index contributed by atoms with van der Waals surface area (Å²) in [6.45, 7) is 0.323. The molecule has 0 bridgehead atoms. The van der Waals surface area contributed by atoms with Crippen LogP contribution in [-0.2, 0) is 0 Å². The Morgan fingerprint density at radius 2 is 2.29 bits per heavy atom. The van der Waals surface area contributed by atoms with Crippen LogP contribution >= 0.6 is 0 Å². The molecule has 0 aliphatic carbocycles. The van der Waals surface area contributed by atoms with Crippen molar-refractivity contribution in [3.63, 3.8) is 0 Å². The number of para-hydroxylation sites is 1. The number of fused-ring (bicyclic) bond motifs is 1. The van der Waals surface area contributed by atoms with Crippen molar-refractivity contribution >= 4 is 0 Å². The Morgan fingerprint density at radius 3 is 3.07 bits per heavy atom. The third-order valence-corrected chi connectivity index (χ3v) is 2.27. The van der Waals surface area contributed by atoms with Gasteiger partial charge in [-0.1, -0.05) is 12.1 Å². The Bertz CT molecular complexity index is 327. The zero-order valence-corrected chi connectivity index (χ0v) is 7.77. The van der Waals surface area contributed by atoms with E-state index in [4.69, 9.17) is 20.3 Å². The van der Waals surface area contributed by atoms with Crippen LogP contribution in [0.1, 0.15) is 18.0 Å². The third kappa shape index (κ3) is 1.54. The highest BCUT2D eigenvalue weighted by Crippen LogP contribution is 2.38. The van der Waals surface area contributed by atoms with Crippen LogP contribution < -0.4 is 15.2 Å². The number of hydrogen-bond acceptors (Lipinski definition) is 4. The molecule has 0 radical (unpaired) electrons. The van der Waals surface area contributed by atoms with Crippen molar-refractivity contribution in [3.8, 4) is 11.5 Å². The molecule has 14 heavy (non-hydrogen) atoms. The number of ether oxygens (including phenoxy) is 2. The number of nitrogens with two attached hydrogens (primary N) is 1. The number of benzene rings is 1. The van der Waals surface area contributed by atoms with Gasteiger partial charge in [-0.2, -0.15) is 0 Å². The fourth-order valence-electron chi connectivity index (χ4n) is 1.54.